The van der Waals surface area contributed by atoms with Gasteiger partial charge in [-0.3, -0.25) is 0 Å². The molecule has 124 valence electrons. The van der Waals surface area contributed by atoms with E-state index < -0.39 is 10.0 Å². The van der Waals surface area contributed by atoms with Crippen molar-refractivity contribution in [2.24, 2.45) is 0 Å². The van der Waals surface area contributed by atoms with Gasteiger partial charge in [-0.1, -0.05) is 53.5 Å². The zero-order chi connectivity index (χ0) is 17.0. The molecule has 0 heterocycles. The van der Waals surface area contributed by atoms with Crippen LogP contribution in [-0.4, -0.2) is 34.0 Å². The molecule has 23 heavy (non-hydrogen) atoms. The second kappa shape index (κ2) is 7.64. The van der Waals surface area contributed by atoms with E-state index in [4.69, 9.17) is 23.2 Å². The molecule has 0 aliphatic heterocycles. The molecule has 1 atom stereocenters. The van der Waals surface area contributed by atoms with Crippen LogP contribution in [0, 0.1) is 0 Å². The Morgan fingerprint density at radius 1 is 1.04 bits per heavy atom. The maximum Gasteiger partial charge on any atom is 0.240 e. The molecular formula is C16H18Cl2N2O2S. The molecule has 0 aromatic heterocycles. The quantitative estimate of drug-likeness (QED) is 0.842. The van der Waals surface area contributed by atoms with E-state index in [0.717, 1.165) is 5.56 Å². The molecule has 0 spiro atoms. The maximum atomic E-state index is 12.4. The van der Waals surface area contributed by atoms with Gasteiger partial charge >= 0.3 is 0 Å². The van der Waals surface area contributed by atoms with Gasteiger partial charge in [-0.05, 0) is 37.9 Å². The summed E-state index contributed by atoms with van der Waals surface area (Å²) in [7, 11) is 0.160. The van der Waals surface area contributed by atoms with Crippen LogP contribution in [0.25, 0.3) is 0 Å². The maximum absolute atomic E-state index is 12.4. The van der Waals surface area contributed by atoms with Crippen LogP contribution in [0.15, 0.2) is 53.4 Å². The molecule has 1 N–H and O–H groups in total. The summed E-state index contributed by atoms with van der Waals surface area (Å²) < 4.78 is 27.5. The van der Waals surface area contributed by atoms with E-state index in [1.165, 1.54) is 18.2 Å². The number of hydrogen-bond donors (Lipinski definition) is 1. The summed E-state index contributed by atoms with van der Waals surface area (Å²) in [6.07, 6.45) is 0. The van der Waals surface area contributed by atoms with Crippen molar-refractivity contribution >= 4 is 33.2 Å². The van der Waals surface area contributed by atoms with Crippen molar-refractivity contribution in [3.8, 4) is 0 Å². The third kappa shape index (κ3) is 4.68. The number of likely N-dealkylation sites (N-methyl/N-ethyl adjacent to an activating group) is 1. The number of nitrogens with one attached hydrogen (secondary N) is 1. The zero-order valence-electron chi connectivity index (χ0n) is 12.8. The van der Waals surface area contributed by atoms with Crippen LogP contribution in [0.3, 0.4) is 0 Å². The highest BCUT2D eigenvalue weighted by molar-refractivity contribution is 7.89. The summed E-state index contributed by atoms with van der Waals surface area (Å²) in [5, 5.41) is 0.530. The van der Waals surface area contributed by atoms with E-state index in [9.17, 15) is 8.42 Å². The molecule has 0 radical (unpaired) electrons. The van der Waals surface area contributed by atoms with E-state index in [0.29, 0.717) is 5.02 Å². The normalized spacial score (nSPS) is 13.3. The van der Waals surface area contributed by atoms with Gasteiger partial charge in [-0.15, -0.1) is 0 Å². The first-order chi connectivity index (χ1) is 10.8. The van der Waals surface area contributed by atoms with E-state index in [1.54, 1.807) is 0 Å². The Hall–Kier alpha value is -1.11. The molecule has 0 saturated carbocycles. The Morgan fingerprint density at radius 2 is 1.70 bits per heavy atom. The minimum atomic E-state index is -3.66. The fourth-order valence-electron chi connectivity index (χ4n) is 2.19. The SMILES string of the molecule is CN(C)C(CNS(=O)(=O)c1ccc(Cl)c(Cl)c1)c1ccccc1. The predicted octanol–water partition coefficient (Wildman–Crippen LogP) is 3.57. The largest absolute Gasteiger partial charge is 0.301 e. The molecule has 2 aromatic carbocycles. The van der Waals surface area contributed by atoms with Gasteiger partial charge in [0.15, 0.2) is 0 Å². The highest BCUT2D eigenvalue weighted by atomic mass is 35.5. The Labute approximate surface area is 147 Å². The summed E-state index contributed by atoms with van der Waals surface area (Å²) in [5.74, 6) is 0. The summed E-state index contributed by atoms with van der Waals surface area (Å²) in [4.78, 5) is 2.06. The second-order valence-corrected chi connectivity index (χ2v) is 7.90. The van der Waals surface area contributed by atoms with Gasteiger partial charge in [0.2, 0.25) is 10.0 Å². The van der Waals surface area contributed by atoms with Crippen molar-refractivity contribution < 1.29 is 8.42 Å². The van der Waals surface area contributed by atoms with Crippen molar-refractivity contribution in [3.05, 3.63) is 64.1 Å². The van der Waals surface area contributed by atoms with Crippen LogP contribution in [0.1, 0.15) is 11.6 Å². The number of sulfonamides is 1. The lowest BCUT2D eigenvalue weighted by molar-refractivity contribution is 0.299. The minimum absolute atomic E-state index is 0.0752. The van der Waals surface area contributed by atoms with Gasteiger partial charge in [0, 0.05) is 12.6 Å². The third-order valence-corrected chi connectivity index (χ3v) is 5.64. The topological polar surface area (TPSA) is 49.4 Å². The lowest BCUT2D eigenvalue weighted by atomic mass is 10.1. The first-order valence-electron chi connectivity index (χ1n) is 6.97. The lowest BCUT2D eigenvalue weighted by Gasteiger charge is -2.25. The van der Waals surface area contributed by atoms with E-state index in [-0.39, 0.29) is 22.5 Å². The van der Waals surface area contributed by atoms with Crippen molar-refractivity contribution in [2.45, 2.75) is 10.9 Å². The molecule has 4 nitrogen and oxygen atoms in total. The molecule has 0 aliphatic rings. The van der Waals surface area contributed by atoms with Gasteiger partial charge in [-0.2, -0.15) is 0 Å². The van der Waals surface area contributed by atoms with Gasteiger partial charge in [0.25, 0.3) is 0 Å². The summed E-state index contributed by atoms with van der Waals surface area (Å²) >= 11 is 11.7. The average molecular weight is 373 g/mol. The Morgan fingerprint density at radius 3 is 2.26 bits per heavy atom. The predicted molar refractivity (Wildman–Crippen MR) is 94.5 cm³/mol. The van der Waals surface area contributed by atoms with Gasteiger partial charge in [0.05, 0.1) is 14.9 Å². The van der Waals surface area contributed by atoms with Crippen molar-refractivity contribution in [2.75, 3.05) is 20.6 Å². The first kappa shape index (κ1) is 18.2. The summed E-state index contributed by atoms with van der Waals surface area (Å²) in [6, 6.07) is 13.9. The smallest absolute Gasteiger partial charge is 0.240 e. The number of rotatable bonds is 6. The lowest BCUT2D eigenvalue weighted by Crippen LogP contribution is -2.34. The Bertz CT molecular complexity index is 765. The van der Waals surface area contributed by atoms with Crippen molar-refractivity contribution in [1.82, 2.24) is 9.62 Å². The summed E-state index contributed by atoms with van der Waals surface area (Å²) in [6.45, 7) is 0.250. The average Bonchev–Trinajstić information content (AvgIpc) is 2.50. The highest BCUT2D eigenvalue weighted by Crippen LogP contribution is 2.25. The van der Waals surface area contributed by atoms with Crippen LogP contribution in [0.5, 0.6) is 0 Å². The van der Waals surface area contributed by atoms with Crippen molar-refractivity contribution in [1.29, 1.82) is 0 Å². The zero-order valence-corrected chi connectivity index (χ0v) is 15.2. The molecule has 7 heteroatoms. The second-order valence-electron chi connectivity index (χ2n) is 5.32. The van der Waals surface area contributed by atoms with Crippen LogP contribution in [0.2, 0.25) is 10.0 Å². The third-order valence-electron chi connectivity index (χ3n) is 3.48. The molecule has 0 bridgehead atoms. The van der Waals surface area contributed by atoms with E-state index >= 15 is 0 Å². The number of halogens is 2. The Kier molecular flexibility index (Phi) is 6.06. The van der Waals surface area contributed by atoms with Crippen LogP contribution in [0.4, 0.5) is 0 Å². The van der Waals surface area contributed by atoms with Crippen LogP contribution < -0.4 is 4.72 Å². The molecule has 1 unspecified atom stereocenters. The van der Waals surface area contributed by atoms with E-state index in [1.807, 2.05) is 49.3 Å². The number of nitrogens with zero attached hydrogens (tertiary/aromatic N) is 1. The molecule has 0 saturated heterocycles. The molecule has 2 rings (SSSR count). The minimum Gasteiger partial charge on any atom is -0.301 e. The fraction of sp³-hybridized carbons (Fsp3) is 0.250. The van der Waals surface area contributed by atoms with Crippen LogP contribution in [-0.2, 0) is 10.0 Å². The standard InChI is InChI=1S/C16H18Cl2N2O2S/c1-20(2)16(12-6-4-3-5-7-12)11-19-23(21,22)13-8-9-14(17)15(18)10-13/h3-10,16,19H,11H2,1-2H3. The Balaban J connectivity index is 2.18. The molecule has 2 aromatic rings. The first-order valence-corrected chi connectivity index (χ1v) is 9.21. The fourth-order valence-corrected chi connectivity index (χ4v) is 3.62. The van der Waals surface area contributed by atoms with Crippen molar-refractivity contribution in [3.63, 3.8) is 0 Å². The van der Waals surface area contributed by atoms with E-state index in [2.05, 4.69) is 4.72 Å². The molecule has 0 fully saturated rings. The highest BCUT2D eigenvalue weighted by Gasteiger charge is 2.20. The number of benzene rings is 2. The number of hydrogen-bond acceptors (Lipinski definition) is 3. The summed E-state index contributed by atoms with van der Waals surface area (Å²) in [5.41, 5.74) is 1.04. The van der Waals surface area contributed by atoms with Gasteiger partial charge in [-0.25, -0.2) is 13.1 Å². The monoisotopic (exact) mass is 372 g/mol. The molecule has 0 amide bonds. The van der Waals surface area contributed by atoms with Gasteiger partial charge < -0.3 is 4.90 Å². The molecular weight excluding hydrogens is 355 g/mol. The molecule has 0 aliphatic carbocycles. The van der Waals surface area contributed by atoms with Gasteiger partial charge in [0.1, 0.15) is 0 Å². The van der Waals surface area contributed by atoms with Crippen LogP contribution >= 0.6 is 23.2 Å².